The zero-order chi connectivity index (χ0) is 14.1. The minimum atomic E-state index is -1.04. The largest absolute Gasteiger partial charge is 0.476 e. The number of anilines is 2. The van der Waals surface area contributed by atoms with Gasteiger partial charge in [-0.25, -0.2) is 9.78 Å². The van der Waals surface area contributed by atoms with Crippen molar-refractivity contribution in [2.24, 2.45) is 0 Å². The number of hydrogen-bond acceptors (Lipinski definition) is 4. The fourth-order valence-corrected chi connectivity index (χ4v) is 2.05. The maximum Gasteiger partial charge on any atom is 0.356 e. The highest BCUT2D eigenvalue weighted by molar-refractivity contribution is 5.93. The van der Waals surface area contributed by atoms with Gasteiger partial charge in [-0.2, -0.15) is 0 Å². The van der Waals surface area contributed by atoms with Gasteiger partial charge in [0.1, 0.15) is 5.65 Å². The molecule has 0 radical (unpaired) electrons. The van der Waals surface area contributed by atoms with Crippen molar-refractivity contribution in [3.05, 3.63) is 54.1 Å². The van der Waals surface area contributed by atoms with Crippen molar-refractivity contribution in [2.45, 2.75) is 6.92 Å². The van der Waals surface area contributed by atoms with E-state index < -0.39 is 5.97 Å². The second kappa shape index (κ2) is 4.65. The fraction of sp³-hybridized carbons (Fsp3) is 0.0714. The van der Waals surface area contributed by atoms with Crippen LogP contribution in [-0.2, 0) is 0 Å². The van der Waals surface area contributed by atoms with Gasteiger partial charge in [-0.15, -0.1) is 0 Å². The fourth-order valence-electron chi connectivity index (χ4n) is 2.05. The van der Waals surface area contributed by atoms with E-state index >= 15 is 0 Å². The van der Waals surface area contributed by atoms with E-state index in [9.17, 15) is 9.90 Å². The smallest absolute Gasteiger partial charge is 0.356 e. The molecular formula is C14H12N4O2. The summed E-state index contributed by atoms with van der Waals surface area (Å²) < 4.78 is 1.54. The molecule has 0 amide bonds. The third-order valence-electron chi connectivity index (χ3n) is 2.87. The summed E-state index contributed by atoms with van der Waals surface area (Å²) in [6.45, 7) is 1.92. The topological polar surface area (TPSA) is 79.5 Å². The number of nitrogens with zero attached hydrogens (tertiary/aromatic N) is 3. The molecule has 3 heterocycles. The van der Waals surface area contributed by atoms with Crippen molar-refractivity contribution in [1.29, 1.82) is 0 Å². The molecule has 0 aromatic carbocycles. The second-order valence-corrected chi connectivity index (χ2v) is 4.42. The lowest BCUT2D eigenvalue weighted by atomic mass is 10.3. The second-order valence-electron chi connectivity index (χ2n) is 4.42. The van der Waals surface area contributed by atoms with Crippen molar-refractivity contribution < 1.29 is 9.90 Å². The molecule has 0 saturated carbocycles. The summed E-state index contributed by atoms with van der Waals surface area (Å²) in [5.74, 6) is -0.733. The van der Waals surface area contributed by atoms with Crippen LogP contribution < -0.4 is 5.32 Å². The van der Waals surface area contributed by atoms with Crippen LogP contribution in [0.4, 0.5) is 11.5 Å². The van der Waals surface area contributed by atoms with Gasteiger partial charge in [0, 0.05) is 12.4 Å². The van der Waals surface area contributed by atoms with E-state index in [1.165, 1.54) is 4.40 Å². The Morgan fingerprint density at radius 1 is 1.35 bits per heavy atom. The molecule has 0 fully saturated rings. The molecule has 6 heteroatoms. The third kappa shape index (κ3) is 2.07. The molecule has 0 aliphatic carbocycles. The van der Waals surface area contributed by atoms with Crippen molar-refractivity contribution >= 4 is 23.1 Å². The maximum atomic E-state index is 11.4. The van der Waals surface area contributed by atoms with E-state index in [1.54, 1.807) is 30.7 Å². The van der Waals surface area contributed by atoms with Gasteiger partial charge in [0.15, 0.2) is 11.5 Å². The molecule has 0 aliphatic rings. The summed E-state index contributed by atoms with van der Waals surface area (Å²) in [5, 5.41) is 12.4. The van der Waals surface area contributed by atoms with E-state index in [1.807, 2.05) is 19.1 Å². The maximum absolute atomic E-state index is 11.4. The number of pyridine rings is 2. The van der Waals surface area contributed by atoms with Gasteiger partial charge in [-0.1, -0.05) is 6.07 Å². The van der Waals surface area contributed by atoms with E-state index in [-0.39, 0.29) is 5.69 Å². The Kier molecular flexibility index (Phi) is 2.83. The van der Waals surface area contributed by atoms with Crippen LogP contribution in [0.1, 0.15) is 16.1 Å². The highest BCUT2D eigenvalue weighted by Gasteiger charge is 2.18. The van der Waals surface area contributed by atoms with Gasteiger partial charge >= 0.3 is 5.97 Å². The number of carboxylic acids is 1. The number of fused-ring (bicyclic) bond motifs is 1. The van der Waals surface area contributed by atoms with Crippen LogP contribution in [0.3, 0.4) is 0 Å². The lowest BCUT2D eigenvalue weighted by molar-refractivity contribution is 0.0690. The van der Waals surface area contributed by atoms with Crippen molar-refractivity contribution in [1.82, 2.24) is 14.4 Å². The number of carboxylic acid groups (broad SMARTS) is 1. The highest BCUT2D eigenvalue weighted by atomic mass is 16.4. The van der Waals surface area contributed by atoms with Crippen molar-refractivity contribution in [3.8, 4) is 0 Å². The first kappa shape index (κ1) is 12.2. The van der Waals surface area contributed by atoms with Crippen LogP contribution in [0.25, 0.3) is 5.65 Å². The number of aryl methyl sites for hydroxylation is 1. The van der Waals surface area contributed by atoms with Gasteiger partial charge < -0.3 is 10.4 Å². The summed E-state index contributed by atoms with van der Waals surface area (Å²) in [6.07, 6.45) is 5.03. The first-order valence-electron chi connectivity index (χ1n) is 6.04. The number of imidazole rings is 1. The summed E-state index contributed by atoms with van der Waals surface area (Å²) in [7, 11) is 0. The Hall–Kier alpha value is -2.89. The van der Waals surface area contributed by atoms with Crippen LogP contribution in [0, 0.1) is 6.92 Å². The number of aromatic carboxylic acids is 1. The van der Waals surface area contributed by atoms with Crippen LogP contribution in [-0.4, -0.2) is 25.4 Å². The molecule has 0 unspecified atom stereocenters. The van der Waals surface area contributed by atoms with Gasteiger partial charge in [0.05, 0.1) is 11.9 Å². The Bertz CT molecular complexity index is 795. The Morgan fingerprint density at radius 3 is 2.95 bits per heavy atom. The first-order valence-corrected chi connectivity index (χ1v) is 6.04. The molecule has 100 valence electrons. The van der Waals surface area contributed by atoms with Gasteiger partial charge in [-0.3, -0.25) is 9.38 Å². The lowest BCUT2D eigenvalue weighted by Crippen LogP contribution is -2.05. The van der Waals surface area contributed by atoms with Crippen molar-refractivity contribution in [2.75, 3.05) is 5.32 Å². The molecule has 20 heavy (non-hydrogen) atoms. The van der Waals surface area contributed by atoms with Gasteiger partial charge in [0.2, 0.25) is 0 Å². The third-order valence-corrected chi connectivity index (χ3v) is 2.87. The molecule has 3 aromatic heterocycles. The lowest BCUT2D eigenvalue weighted by Gasteiger charge is -2.04. The monoisotopic (exact) mass is 268 g/mol. The van der Waals surface area contributed by atoms with Gasteiger partial charge in [0.25, 0.3) is 0 Å². The molecule has 0 aliphatic heterocycles. The average molecular weight is 268 g/mol. The van der Waals surface area contributed by atoms with Crippen LogP contribution in [0.15, 0.2) is 42.9 Å². The van der Waals surface area contributed by atoms with Crippen molar-refractivity contribution in [3.63, 3.8) is 0 Å². The number of nitrogens with one attached hydrogen (secondary N) is 1. The summed E-state index contributed by atoms with van der Waals surface area (Å²) in [5.41, 5.74) is 2.36. The zero-order valence-corrected chi connectivity index (χ0v) is 10.7. The quantitative estimate of drug-likeness (QED) is 0.762. The van der Waals surface area contributed by atoms with E-state index in [4.69, 9.17) is 0 Å². The number of rotatable bonds is 3. The highest BCUT2D eigenvalue weighted by Crippen LogP contribution is 2.22. The Morgan fingerprint density at radius 2 is 2.20 bits per heavy atom. The number of carbonyl (C=O) groups is 1. The minimum Gasteiger partial charge on any atom is -0.476 e. The molecule has 0 bridgehead atoms. The summed E-state index contributed by atoms with van der Waals surface area (Å²) in [6, 6.07) is 7.21. The zero-order valence-electron chi connectivity index (χ0n) is 10.7. The van der Waals surface area contributed by atoms with Gasteiger partial charge in [-0.05, 0) is 30.7 Å². The normalized spacial score (nSPS) is 10.7. The molecule has 3 aromatic rings. The molecule has 0 spiro atoms. The SMILES string of the molecule is Cc1cncc(Nc2nc3ccccn3c2C(=O)O)c1. The predicted molar refractivity (Wildman–Crippen MR) is 74.4 cm³/mol. The standard InChI is InChI=1S/C14H12N4O2/c1-9-6-10(8-15-7-9)16-13-12(14(19)20)18-5-3-2-4-11(18)17-13/h2-8,16H,1H3,(H,19,20). The summed E-state index contributed by atoms with van der Waals surface area (Å²) >= 11 is 0. The van der Waals surface area contributed by atoms with Crippen LogP contribution in [0.2, 0.25) is 0 Å². The van der Waals surface area contributed by atoms with E-state index in [0.717, 1.165) is 5.56 Å². The van der Waals surface area contributed by atoms with E-state index in [0.29, 0.717) is 17.2 Å². The van der Waals surface area contributed by atoms with E-state index in [2.05, 4.69) is 15.3 Å². The summed E-state index contributed by atoms with van der Waals surface area (Å²) in [4.78, 5) is 19.8. The Balaban J connectivity index is 2.11. The van der Waals surface area contributed by atoms with Crippen LogP contribution in [0.5, 0.6) is 0 Å². The average Bonchev–Trinajstić information content (AvgIpc) is 2.76. The molecule has 0 atom stereocenters. The van der Waals surface area contributed by atoms with Crippen LogP contribution >= 0.6 is 0 Å². The molecule has 3 rings (SSSR count). The molecular weight excluding hydrogens is 256 g/mol. The molecule has 6 nitrogen and oxygen atoms in total. The minimum absolute atomic E-state index is 0.0992. The molecule has 2 N–H and O–H groups in total. The number of aromatic nitrogens is 3. The number of hydrogen-bond donors (Lipinski definition) is 2. The predicted octanol–water partition coefficient (Wildman–Crippen LogP) is 2.48. The first-order chi connectivity index (χ1) is 9.65. The Labute approximate surface area is 114 Å². The molecule has 0 saturated heterocycles.